The van der Waals surface area contributed by atoms with Gasteiger partial charge in [0.15, 0.2) is 5.75 Å². The summed E-state index contributed by atoms with van der Waals surface area (Å²) < 4.78 is 28.2. The van der Waals surface area contributed by atoms with E-state index in [1.807, 2.05) is 0 Å². The Morgan fingerprint density at radius 1 is 1.50 bits per heavy atom. The lowest BCUT2D eigenvalue weighted by Crippen LogP contribution is -2.23. The van der Waals surface area contributed by atoms with Crippen molar-refractivity contribution in [3.8, 4) is 5.75 Å². The monoisotopic (exact) mass is 355 g/mol. The molecule has 0 radical (unpaired) electrons. The van der Waals surface area contributed by atoms with E-state index in [2.05, 4.69) is 21.2 Å². The summed E-state index contributed by atoms with van der Waals surface area (Å²) in [6, 6.07) is 2.65. The van der Waals surface area contributed by atoms with Gasteiger partial charge in [-0.15, -0.1) is 0 Å². The zero-order valence-electron chi connectivity index (χ0n) is 9.66. The van der Waals surface area contributed by atoms with Gasteiger partial charge in [0.25, 0.3) is 15.0 Å². The number of halogens is 2. The molecule has 0 spiro atoms. The van der Waals surface area contributed by atoms with Crippen LogP contribution in [0.5, 0.6) is 5.75 Å². The Balaban J connectivity index is 3.45. The molecule has 1 aromatic rings. The van der Waals surface area contributed by atoms with E-state index in [0.717, 1.165) is 0 Å². The normalized spacial score (nSPS) is 11.1. The first kappa shape index (κ1) is 15.3. The third-order valence-corrected chi connectivity index (χ3v) is 3.99. The van der Waals surface area contributed by atoms with Gasteiger partial charge in [0, 0.05) is 22.8 Å². The van der Waals surface area contributed by atoms with Crippen LogP contribution in [0.1, 0.15) is 17.3 Å². The van der Waals surface area contributed by atoms with E-state index in [4.69, 9.17) is 15.4 Å². The zero-order chi connectivity index (χ0) is 13.9. The van der Waals surface area contributed by atoms with Crippen molar-refractivity contribution in [3.05, 3.63) is 22.2 Å². The van der Waals surface area contributed by atoms with Crippen molar-refractivity contribution >= 4 is 41.6 Å². The van der Waals surface area contributed by atoms with E-state index >= 15 is 0 Å². The Labute approximate surface area is 118 Å². The molecule has 0 aliphatic rings. The van der Waals surface area contributed by atoms with E-state index in [1.165, 1.54) is 19.2 Å². The first-order valence-electron chi connectivity index (χ1n) is 4.91. The van der Waals surface area contributed by atoms with Gasteiger partial charge >= 0.3 is 0 Å². The van der Waals surface area contributed by atoms with Gasteiger partial charge in [-0.2, -0.15) is 0 Å². The van der Waals surface area contributed by atoms with Crippen LogP contribution in [0.15, 0.2) is 21.5 Å². The molecule has 0 aromatic heterocycles. The molecule has 1 aromatic carbocycles. The van der Waals surface area contributed by atoms with E-state index in [0.29, 0.717) is 11.0 Å². The van der Waals surface area contributed by atoms with Gasteiger partial charge in [0.1, 0.15) is 4.90 Å². The average Bonchev–Trinajstić information content (AvgIpc) is 2.27. The molecule has 1 N–H and O–H groups in total. The molecular weight excluding hydrogens is 346 g/mol. The summed E-state index contributed by atoms with van der Waals surface area (Å²) in [5.41, 5.74) is 0.184. The third kappa shape index (κ3) is 3.37. The largest absolute Gasteiger partial charge is 0.494 e. The van der Waals surface area contributed by atoms with Crippen LogP contribution < -0.4 is 10.1 Å². The number of hydrogen-bond acceptors (Lipinski definition) is 4. The lowest BCUT2D eigenvalue weighted by atomic mass is 10.2. The molecule has 0 fully saturated rings. The maximum Gasteiger partial charge on any atom is 0.265 e. The van der Waals surface area contributed by atoms with Crippen molar-refractivity contribution < 1.29 is 17.9 Å². The lowest BCUT2D eigenvalue weighted by molar-refractivity contribution is 0.0955. The van der Waals surface area contributed by atoms with Crippen molar-refractivity contribution in [2.75, 3.05) is 13.7 Å². The zero-order valence-corrected chi connectivity index (χ0v) is 12.8. The van der Waals surface area contributed by atoms with Crippen molar-refractivity contribution in [2.24, 2.45) is 0 Å². The highest BCUT2D eigenvalue weighted by atomic mass is 79.9. The minimum atomic E-state index is -4.00. The molecular formula is C10H11BrClNO4S. The number of methoxy groups -OCH3 is 1. The number of amides is 1. The summed E-state index contributed by atoms with van der Waals surface area (Å²) in [5.74, 6) is -0.319. The number of rotatable bonds is 4. The van der Waals surface area contributed by atoms with Crippen LogP contribution in [0.4, 0.5) is 0 Å². The van der Waals surface area contributed by atoms with E-state index in [-0.39, 0.29) is 22.1 Å². The SMILES string of the molecule is CCNC(=O)c1cc(Br)c(OC)c(S(=O)(=O)Cl)c1. The van der Waals surface area contributed by atoms with Crippen LogP contribution in [0.25, 0.3) is 0 Å². The molecule has 1 rings (SSSR count). The molecule has 0 saturated heterocycles. The fourth-order valence-corrected chi connectivity index (χ4v) is 3.12. The summed E-state index contributed by atoms with van der Waals surface area (Å²) >= 11 is 3.14. The number of nitrogens with one attached hydrogen (secondary N) is 1. The fraction of sp³-hybridized carbons (Fsp3) is 0.300. The highest BCUT2D eigenvalue weighted by molar-refractivity contribution is 9.10. The van der Waals surface area contributed by atoms with Crippen molar-refractivity contribution in [3.63, 3.8) is 0 Å². The van der Waals surface area contributed by atoms with Gasteiger partial charge in [-0.1, -0.05) is 0 Å². The van der Waals surface area contributed by atoms with Crippen LogP contribution in [0.2, 0.25) is 0 Å². The molecule has 0 bridgehead atoms. The van der Waals surface area contributed by atoms with E-state index < -0.39 is 9.05 Å². The van der Waals surface area contributed by atoms with Crippen molar-refractivity contribution in [1.82, 2.24) is 5.32 Å². The fourth-order valence-electron chi connectivity index (χ4n) is 1.34. The molecule has 5 nitrogen and oxygen atoms in total. The van der Waals surface area contributed by atoms with E-state index in [1.54, 1.807) is 6.92 Å². The quantitative estimate of drug-likeness (QED) is 0.839. The standard InChI is InChI=1S/C10H11BrClNO4S/c1-3-13-10(14)6-4-7(11)9(17-2)8(5-6)18(12,15)16/h4-5H,3H2,1-2H3,(H,13,14). The average molecular weight is 357 g/mol. The summed E-state index contributed by atoms with van der Waals surface area (Å²) in [6.45, 7) is 2.20. The predicted octanol–water partition coefficient (Wildman–Crippen LogP) is 2.13. The number of carbonyl (C=O) groups excluding carboxylic acids is 1. The molecule has 0 heterocycles. The summed E-state index contributed by atoms with van der Waals surface area (Å²) in [4.78, 5) is 11.4. The second-order valence-corrected chi connectivity index (χ2v) is 6.68. The lowest BCUT2D eigenvalue weighted by Gasteiger charge is -2.10. The van der Waals surface area contributed by atoms with Crippen LogP contribution >= 0.6 is 26.6 Å². The molecule has 0 atom stereocenters. The van der Waals surface area contributed by atoms with Gasteiger partial charge in [-0.05, 0) is 35.0 Å². The maximum atomic E-state index is 11.7. The number of hydrogen-bond donors (Lipinski definition) is 1. The third-order valence-electron chi connectivity index (χ3n) is 2.08. The minimum absolute atomic E-state index is 0.0676. The Bertz CT molecular complexity index is 573. The van der Waals surface area contributed by atoms with Crippen LogP contribution in [0.3, 0.4) is 0 Å². The van der Waals surface area contributed by atoms with Crippen molar-refractivity contribution in [1.29, 1.82) is 0 Å². The van der Waals surface area contributed by atoms with Crippen molar-refractivity contribution in [2.45, 2.75) is 11.8 Å². The Hall–Kier alpha value is -0.790. The summed E-state index contributed by atoms with van der Waals surface area (Å²) in [7, 11) is 2.62. The topological polar surface area (TPSA) is 72.5 Å². The van der Waals surface area contributed by atoms with Gasteiger partial charge in [0.05, 0.1) is 11.6 Å². The molecule has 0 aliphatic heterocycles. The van der Waals surface area contributed by atoms with Gasteiger partial charge in [-0.25, -0.2) is 8.42 Å². The Morgan fingerprint density at radius 2 is 2.11 bits per heavy atom. The Morgan fingerprint density at radius 3 is 2.56 bits per heavy atom. The number of carbonyl (C=O) groups is 1. The first-order chi connectivity index (χ1) is 8.31. The summed E-state index contributed by atoms with van der Waals surface area (Å²) in [5, 5.41) is 2.57. The highest BCUT2D eigenvalue weighted by Crippen LogP contribution is 2.35. The minimum Gasteiger partial charge on any atom is -0.494 e. The molecule has 100 valence electrons. The summed E-state index contributed by atoms with van der Waals surface area (Å²) in [6.07, 6.45) is 0. The first-order valence-corrected chi connectivity index (χ1v) is 8.01. The van der Waals surface area contributed by atoms with Gasteiger partial charge in [-0.3, -0.25) is 4.79 Å². The van der Waals surface area contributed by atoms with Crippen LogP contribution in [0, 0.1) is 0 Å². The van der Waals surface area contributed by atoms with Gasteiger partial charge in [0.2, 0.25) is 0 Å². The molecule has 0 aliphatic carbocycles. The number of benzene rings is 1. The van der Waals surface area contributed by atoms with Crippen LogP contribution in [-0.4, -0.2) is 28.0 Å². The second-order valence-electron chi connectivity index (χ2n) is 3.29. The number of ether oxygens (including phenoxy) is 1. The maximum absolute atomic E-state index is 11.7. The molecule has 0 unspecified atom stereocenters. The second kappa shape index (κ2) is 5.90. The molecule has 18 heavy (non-hydrogen) atoms. The van der Waals surface area contributed by atoms with E-state index in [9.17, 15) is 13.2 Å². The highest BCUT2D eigenvalue weighted by Gasteiger charge is 2.22. The smallest absolute Gasteiger partial charge is 0.265 e. The molecule has 0 saturated carbocycles. The molecule has 8 heteroatoms. The predicted molar refractivity (Wildman–Crippen MR) is 71.7 cm³/mol. The Kier molecular flexibility index (Phi) is 5.01. The van der Waals surface area contributed by atoms with Gasteiger partial charge < -0.3 is 10.1 Å². The molecule has 1 amide bonds. The van der Waals surface area contributed by atoms with Crippen LogP contribution in [-0.2, 0) is 9.05 Å².